The Bertz CT molecular complexity index is 761. The number of rotatable bonds is 5. The van der Waals surface area contributed by atoms with Gasteiger partial charge in [-0.05, 0) is 52.9 Å². The summed E-state index contributed by atoms with van der Waals surface area (Å²) >= 11 is 1.77. The fourth-order valence-corrected chi connectivity index (χ4v) is 3.86. The maximum absolute atomic E-state index is 8.99. The van der Waals surface area contributed by atoms with Crippen molar-refractivity contribution < 1.29 is 0 Å². The lowest BCUT2D eigenvalue weighted by molar-refractivity contribution is 0.198. The number of guanidine groups is 1. The highest BCUT2D eigenvalue weighted by Crippen LogP contribution is 2.15. The van der Waals surface area contributed by atoms with E-state index in [1.54, 1.807) is 18.4 Å². The SMILES string of the molecule is CN=C(NCc1cccc(C#N)c1)NC1CCN(Cc2ccsc2)CC1.I. The van der Waals surface area contributed by atoms with Crippen molar-refractivity contribution in [3.8, 4) is 6.07 Å². The number of hydrogen-bond acceptors (Lipinski definition) is 4. The molecule has 0 radical (unpaired) electrons. The predicted molar refractivity (Wildman–Crippen MR) is 123 cm³/mol. The summed E-state index contributed by atoms with van der Waals surface area (Å²) in [6.45, 7) is 3.92. The maximum Gasteiger partial charge on any atom is 0.191 e. The van der Waals surface area contributed by atoms with Crippen molar-refractivity contribution in [3.63, 3.8) is 0 Å². The first-order valence-corrected chi connectivity index (χ1v) is 9.91. The average Bonchev–Trinajstić information content (AvgIpc) is 3.19. The molecule has 5 nitrogen and oxygen atoms in total. The van der Waals surface area contributed by atoms with Crippen molar-refractivity contribution in [2.45, 2.75) is 32.0 Å². The van der Waals surface area contributed by atoms with E-state index in [2.05, 4.69) is 43.4 Å². The van der Waals surface area contributed by atoms with E-state index in [9.17, 15) is 0 Å². The number of nitriles is 1. The topological polar surface area (TPSA) is 63.5 Å². The molecule has 0 atom stereocenters. The second-order valence-electron chi connectivity index (χ2n) is 6.56. The van der Waals surface area contributed by atoms with Gasteiger partial charge in [0.15, 0.2) is 5.96 Å². The van der Waals surface area contributed by atoms with Crippen LogP contribution in [0.3, 0.4) is 0 Å². The van der Waals surface area contributed by atoms with E-state index < -0.39 is 0 Å². The van der Waals surface area contributed by atoms with E-state index in [1.807, 2.05) is 24.3 Å². The fourth-order valence-electron chi connectivity index (χ4n) is 3.20. The normalized spacial score (nSPS) is 15.6. The summed E-state index contributed by atoms with van der Waals surface area (Å²) in [6.07, 6.45) is 2.24. The quantitative estimate of drug-likeness (QED) is 0.378. The Morgan fingerprint density at radius 1 is 1.30 bits per heavy atom. The monoisotopic (exact) mass is 495 g/mol. The number of piperidine rings is 1. The van der Waals surface area contributed by atoms with Gasteiger partial charge in [0.2, 0.25) is 0 Å². The second-order valence-corrected chi connectivity index (χ2v) is 7.34. The van der Waals surface area contributed by atoms with Gasteiger partial charge in [-0.3, -0.25) is 9.89 Å². The minimum atomic E-state index is 0. The Hall–Kier alpha value is -1.63. The molecule has 1 saturated heterocycles. The van der Waals surface area contributed by atoms with E-state index >= 15 is 0 Å². The Kier molecular flexibility index (Phi) is 9.04. The predicted octanol–water partition coefficient (Wildman–Crippen LogP) is 3.57. The lowest BCUT2D eigenvalue weighted by Crippen LogP contribution is -2.48. The average molecular weight is 495 g/mol. The second kappa shape index (κ2) is 11.3. The minimum absolute atomic E-state index is 0. The minimum Gasteiger partial charge on any atom is -0.354 e. The zero-order valence-corrected chi connectivity index (χ0v) is 18.7. The van der Waals surface area contributed by atoms with Gasteiger partial charge < -0.3 is 10.6 Å². The summed E-state index contributed by atoms with van der Waals surface area (Å²) in [5, 5.41) is 20.3. The van der Waals surface area contributed by atoms with Gasteiger partial charge in [0.25, 0.3) is 0 Å². The first-order chi connectivity index (χ1) is 12.8. The molecule has 0 aliphatic carbocycles. The summed E-state index contributed by atoms with van der Waals surface area (Å²) in [4.78, 5) is 6.85. The van der Waals surface area contributed by atoms with Crippen molar-refractivity contribution in [1.29, 1.82) is 5.26 Å². The first kappa shape index (κ1) is 21.7. The molecule has 1 aliphatic heterocycles. The van der Waals surface area contributed by atoms with Crippen LogP contribution in [0.5, 0.6) is 0 Å². The van der Waals surface area contributed by atoms with E-state index in [1.165, 1.54) is 5.56 Å². The van der Waals surface area contributed by atoms with Crippen molar-refractivity contribution in [1.82, 2.24) is 15.5 Å². The maximum atomic E-state index is 8.99. The number of thiophene rings is 1. The molecule has 0 saturated carbocycles. The summed E-state index contributed by atoms with van der Waals surface area (Å²) in [6, 6.07) is 12.5. The molecular weight excluding hydrogens is 469 g/mol. The molecule has 1 fully saturated rings. The molecule has 1 aromatic carbocycles. The largest absolute Gasteiger partial charge is 0.354 e. The Morgan fingerprint density at radius 2 is 2.11 bits per heavy atom. The molecule has 144 valence electrons. The molecule has 2 N–H and O–H groups in total. The number of halogens is 1. The molecule has 2 heterocycles. The number of likely N-dealkylation sites (tertiary alicyclic amines) is 1. The van der Waals surface area contributed by atoms with Gasteiger partial charge in [0.1, 0.15) is 0 Å². The summed E-state index contributed by atoms with van der Waals surface area (Å²) in [7, 11) is 1.80. The smallest absolute Gasteiger partial charge is 0.191 e. The lowest BCUT2D eigenvalue weighted by atomic mass is 10.0. The Balaban J connectivity index is 0.00000261. The van der Waals surface area contributed by atoms with E-state index in [-0.39, 0.29) is 24.0 Å². The zero-order chi connectivity index (χ0) is 18.2. The lowest BCUT2D eigenvalue weighted by Gasteiger charge is -2.33. The van der Waals surface area contributed by atoms with E-state index in [0.29, 0.717) is 18.2 Å². The molecule has 3 rings (SSSR count). The molecule has 1 aromatic heterocycles. The van der Waals surface area contributed by atoms with E-state index in [4.69, 9.17) is 5.26 Å². The zero-order valence-electron chi connectivity index (χ0n) is 15.5. The van der Waals surface area contributed by atoms with Crippen LogP contribution in [0.4, 0.5) is 0 Å². The molecule has 0 spiro atoms. The third-order valence-corrected chi connectivity index (χ3v) is 5.39. The number of hydrogen-bond donors (Lipinski definition) is 2. The van der Waals surface area contributed by atoms with Crippen LogP contribution in [-0.4, -0.2) is 37.0 Å². The summed E-state index contributed by atoms with van der Waals surface area (Å²) < 4.78 is 0. The first-order valence-electron chi connectivity index (χ1n) is 8.96. The van der Waals surface area contributed by atoms with Crippen molar-refractivity contribution in [2.24, 2.45) is 4.99 Å². The van der Waals surface area contributed by atoms with Crippen LogP contribution in [0.1, 0.15) is 29.5 Å². The molecule has 0 bridgehead atoms. The number of aliphatic imine (C=N–C) groups is 1. The van der Waals surface area contributed by atoms with Gasteiger partial charge in [-0.15, -0.1) is 24.0 Å². The van der Waals surface area contributed by atoms with Gasteiger partial charge in [0, 0.05) is 39.3 Å². The Morgan fingerprint density at radius 3 is 2.78 bits per heavy atom. The highest BCUT2D eigenvalue weighted by molar-refractivity contribution is 14.0. The van der Waals surface area contributed by atoms with Crippen LogP contribution in [-0.2, 0) is 13.1 Å². The third kappa shape index (κ3) is 6.79. The van der Waals surface area contributed by atoms with Gasteiger partial charge in [-0.25, -0.2) is 0 Å². The molecular formula is C20H26IN5S. The fraction of sp³-hybridized carbons (Fsp3) is 0.400. The standard InChI is InChI=1S/C20H25N5S.HI/c1-22-20(23-13-17-4-2-3-16(11-17)12-21)24-19-5-8-25(9-6-19)14-18-7-10-26-15-18;/h2-4,7,10-11,15,19H,5-6,8-9,13-14H2,1H3,(H2,22,23,24);1H. The highest BCUT2D eigenvalue weighted by Gasteiger charge is 2.20. The van der Waals surface area contributed by atoms with Crippen LogP contribution < -0.4 is 10.6 Å². The molecule has 1 aliphatic rings. The summed E-state index contributed by atoms with van der Waals surface area (Å²) in [5.74, 6) is 0.823. The summed E-state index contributed by atoms with van der Waals surface area (Å²) in [5.41, 5.74) is 3.18. The van der Waals surface area contributed by atoms with Crippen LogP contribution in [0.2, 0.25) is 0 Å². The molecule has 27 heavy (non-hydrogen) atoms. The third-order valence-electron chi connectivity index (χ3n) is 4.65. The van der Waals surface area contributed by atoms with Crippen LogP contribution in [0.15, 0.2) is 46.1 Å². The molecule has 0 unspecified atom stereocenters. The van der Waals surface area contributed by atoms with Crippen molar-refractivity contribution >= 4 is 41.3 Å². The van der Waals surface area contributed by atoms with Crippen LogP contribution >= 0.6 is 35.3 Å². The van der Waals surface area contributed by atoms with Crippen molar-refractivity contribution in [2.75, 3.05) is 20.1 Å². The van der Waals surface area contributed by atoms with Crippen LogP contribution in [0, 0.1) is 11.3 Å². The molecule has 2 aromatic rings. The number of nitrogens with one attached hydrogen (secondary N) is 2. The van der Waals surface area contributed by atoms with E-state index in [0.717, 1.165) is 44.0 Å². The van der Waals surface area contributed by atoms with Gasteiger partial charge in [-0.2, -0.15) is 16.6 Å². The van der Waals surface area contributed by atoms with Gasteiger partial charge >= 0.3 is 0 Å². The Labute approximate surface area is 182 Å². The number of nitrogens with zero attached hydrogens (tertiary/aromatic N) is 3. The van der Waals surface area contributed by atoms with Crippen LogP contribution in [0.25, 0.3) is 0 Å². The highest BCUT2D eigenvalue weighted by atomic mass is 127. The molecule has 0 amide bonds. The number of benzene rings is 1. The molecule has 7 heteroatoms. The van der Waals surface area contributed by atoms with Crippen molar-refractivity contribution in [3.05, 3.63) is 57.8 Å². The van der Waals surface area contributed by atoms with Gasteiger partial charge in [-0.1, -0.05) is 12.1 Å². The van der Waals surface area contributed by atoms with Gasteiger partial charge in [0.05, 0.1) is 11.6 Å².